The molecule has 3 heteroatoms. The minimum Gasteiger partial charge on any atom is -0.386 e. The second-order valence-electron chi connectivity index (χ2n) is 2.12. The van der Waals surface area contributed by atoms with E-state index in [4.69, 9.17) is 5.73 Å². The molecule has 0 heterocycles. The lowest BCUT2D eigenvalue weighted by molar-refractivity contribution is 0.354. The van der Waals surface area contributed by atoms with E-state index in [-0.39, 0.29) is 0 Å². The first-order valence-electron chi connectivity index (χ1n) is 3.18. The van der Waals surface area contributed by atoms with Gasteiger partial charge in [0.2, 0.25) is 0 Å². The van der Waals surface area contributed by atoms with Gasteiger partial charge in [-0.15, -0.1) is 0 Å². The summed E-state index contributed by atoms with van der Waals surface area (Å²) >= 11 is 0. The number of rotatable bonds is 3. The second-order valence-corrected chi connectivity index (χ2v) is 2.12. The lowest BCUT2D eigenvalue weighted by atomic mass is 10.5. The van der Waals surface area contributed by atoms with Crippen LogP contribution in [0.1, 0.15) is 20.3 Å². The van der Waals surface area contributed by atoms with Crippen molar-refractivity contribution in [2.45, 2.75) is 20.3 Å². The van der Waals surface area contributed by atoms with Crippen LogP contribution >= 0.6 is 0 Å². The van der Waals surface area contributed by atoms with E-state index in [1.165, 1.54) is 0 Å². The molecule has 0 amide bonds. The molecule has 0 aromatic carbocycles. The van der Waals surface area contributed by atoms with E-state index < -0.39 is 0 Å². The van der Waals surface area contributed by atoms with Gasteiger partial charge in [-0.1, -0.05) is 6.92 Å². The number of hydrogen-bond donors (Lipinski definition) is 1. The van der Waals surface area contributed by atoms with Crippen LogP contribution in [0.5, 0.6) is 0 Å². The maximum absolute atomic E-state index is 5.33. The van der Waals surface area contributed by atoms with Gasteiger partial charge in [-0.3, -0.25) is 5.01 Å². The molecule has 2 N–H and O–H groups in total. The van der Waals surface area contributed by atoms with Crippen molar-refractivity contribution in [3.05, 3.63) is 0 Å². The van der Waals surface area contributed by atoms with E-state index in [1.54, 1.807) is 6.92 Å². The molecule has 0 bridgehead atoms. The van der Waals surface area contributed by atoms with Crippen LogP contribution in [0.15, 0.2) is 5.10 Å². The summed E-state index contributed by atoms with van der Waals surface area (Å²) in [4.78, 5) is 0. The summed E-state index contributed by atoms with van der Waals surface area (Å²) in [6.45, 7) is 4.86. The first kappa shape index (κ1) is 8.27. The van der Waals surface area contributed by atoms with Crippen LogP contribution < -0.4 is 5.73 Å². The number of hydrazone groups is 1. The Hall–Kier alpha value is -0.730. The zero-order chi connectivity index (χ0) is 7.28. The third-order valence-electron chi connectivity index (χ3n) is 0.876. The average Bonchev–Trinajstić information content (AvgIpc) is 1.63. The Kier molecular flexibility index (Phi) is 3.84. The van der Waals surface area contributed by atoms with Crippen LogP contribution in [-0.4, -0.2) is 24.4 Å². The van der Waals surface area contributed by atoms with Crippen molar-refractivity contribution in [3.8, 4) is 0 Å². The molecule has 0 aromatic rings. The zero-order valence-corrected chi connectivity index (χ0v) is 6.39. The number of hydrogen-bond acceptors (Lipinski definition) is 2. The molecule has 0 rings (SSSR count). The third kappa shape index (κ3) is 5.14. The highest BCUT2D eigenvalue weighted by Gasteiger charge is 1.87. The van der Waals surface area contributed by atoms with Gasteiger partial charge in [-0.25, -0.2) is 0 Å². The summed E-state index contributed by atoms with van der Waals surface area (Å²) in [5.41, 5.74) is 5.33. The summed E-state index contributed by atoms with van der Waals surface area (Å²) in [6.07, 6.45) is 1.10. The Labute approximate surface area is 56.5 Å². The van der Waals surface area contributed by atoms with Crippen molar-refractivity contribution < 1.29 is 0 Å². The van der Waals surface area contributed by atoms with Crippen LogP contribution in [0.4, 0.5) is 0 Å². The fraction of sp³-hybridized carbons (Fsp3) is 0.833. The number of nitrogens with two attached hydrogens (primary N) is 1. The first-order chi connectivity index (χ1) is 4.16. The second kappa shape index (κ2) is 4.18. The van der Waals surface area contributed by atoms with E-state index in [9.17, 15) is 0 Å². The summed E-state index contributed by atoms with van der Waals surface area (Å²) < 4.78 is 0. The molecule has 0 saturated heterocycles. The van der Waals surface area contributed by atoms with Gasteiger partial charge in [0.05, 0.1) is 0 Å². The Morgan fingerprint density at radius 3 is 2.56 bits per heavy atom. The van der Waals surface area contributed by atoms with Gasteiger partial charge in [0, 0.05) is 13.6 Å². The summed E-state index contributed by atoms with van der Waals surface area (Å²) in [5, 5.41) is 5.84. The highest BCUT2D eigenvalue weighted by Crippen LogP contribution is 1.85. The molecule has 54 valence electrons. The minimum atomic E-state index is 0.617. The molecule has 0 aliphatic carbocycles. The maximum Gasteiger partial charge on any atom is 0.116 e. The quantitative estimate of drug-likeness (QED) is 0.345. The molecule has 0 fully saturated rings. The van der Waals surface area contributed by atoms with Crippen LogP contribution in [0, 0.1) is 0 Å². The highest BCUT2D eigenvalue weighted by molar-refractivity contribution is 5.77. The minimum absolute atomic E-state index is 0.617. The van der Waals surface area contributed by atoms with Gasteiger partial charge >= 0.3 is 0 Å². The maximum atomic E-state index is 5.33. The van der Waals surface area contributed by atoms with Gasteiger partial charge in [-0.05, 0) is 13.3 Å². The molecule has 0 unspecified atom stereocenters. The van der Waals surface area contributed by atoms with Gasteiger partial charge in [0.25, 0.3) is 0 Å². The molecule has 0 aliphatic rings. The molecule has 3 nitrogen and oxygen atoms in total. The Morgan fingerprint density at radius 1 is 1.67 bits per heavy atom. The number of nitrogens with zero attached hydrogens (tertiary/aromatic N) is 2. The topological polar surface area (TPSA) is 41.6 Å². The number of amidine groups is 1. The van der Waals surface area contributed by atoms with E-state index in [1.807, 2.05) is 12.1 Å². The predicted octanol–water partition coefficient (Wildman–Crippen LogP) is 0.620. The monoisotopic (exact) mass is 129 g/mol. The molecule has 0 spiro atoms. The van der Waals surface area contributed by atoms with Crippen molar-refractivity contribution in [2.75, 3.05) is 13.6 Å². The summed E-state index contributed by atoms with van der Waals surface area (Å²) in [6, 6.07) is 0. The molecular weight excluding hydrogens is 114 g/mol. The zero-order valence-electron chi connectivity index (χ0n) is 6.39. The molecule has 0 radical (unpaired) electrons. The molecule has 9 heavy (non-hydrogen) atoms. The van der Waals surface area contributed by atoms with E-state index in [0.29, 0.717) is 5.84 Å². The Morgan fingerprint density at radius 2 is 2.22 bits per heavy atom. The molecule has 0 aliphatic heterocycles. The van der Waals surface area contributed by atoms with Crippen molar-refractivity contribution in [2.24, 2.45) is 10.8 Å². The van der Waals surface area contributed by atoms with E-state index >= 15 is 0 Å². The van der Waals surface area contributed by atoms with Crippen molar-refractivity contribution >= 4 is 5.84 Å². The Balaban J connectivity index is 3.49. The highest BCUT2D eigenvalue weighted by atomic mass is 15.4. The lowest BCUT2D eigenvalue weighted by Crippen LogP contribution is -2.17. The lowest BCUT2D eigenvalue weighted by Gasteiger charge is -2.10. The van der Waals surface area contributed by atoms with Crippen molar-refractivity contribution in [3.63, 3.8) is 0 Å². The SMILES string of the molecule is CCCN(C)/N=C(/C)N. The van der Waals surface area contributed by atoms with Crippen LogP contribution in [0.3, 0.4) is 0 Å². The van der Waals surface area contributed by atoms with Gasteiger partial charge in [-0.2, -0.15) is 5.10 Å². The Bertz CT molecular complexity index is 94.5. The molecule has 0 atom stereocenters. The third-order valence-corrected chi connectivity index (χ3v) is 0.876. The van der Waals surface area contributed by atoms with Crippen LogP contribution in [-0.2, 0) is 0 Å². The predicted molar refractivity (Wildman–Crippen MR) is 40.2 cm³/mol. The first-order valence-corrected chi connectivity index (χ1v) is 3.18. The molecular formula is C6H15N3. The van der Waals surface area contributed by atoms with Crippen LogP contribution in [0.2, 0.25) is 0 Å². The molecule has 0 saturated carbocycles. The molecule has 0 aromatic heterocycles. The van der Waals surface area contributed by atoms with E-state index in [2.05, 4.69) is 12.0 Å². The largest absolute Gasteiger partial charge is 0.386 e. The van der Waals surface area contributed by atoms with E-state index in [0.717, 1.165) is 13.0 Å². The van der Waals surface area contributed by atoms with Gasteiger partial charge < -0.3 is 5.73 Å². The van der Waals surface area contributed by atoms with Crippen LogP contribution in [0.25, 0.3) is 0 Å². The summed E-state index contributed by atoms with van der Waals surface area (Å²) in [5.74, 6) is 0.617. The van der Waals surface area contributed by atoms with Crippen molar-refractivity contribution in [1.82, 2.24) is 5.01 Å². The van der Waals surface area contributed by atoms with Gasteiger partial charge in [0.1, 0.15) is 5.84 Å². The normalized spacial score (nSPS) is 11.7. The van der Waals surface area contributed by atoms with Crippen molar-refractivity contribution in [1.29, 1.82) is 0 Å². The smallest absolute Gasteiger partial charge is 0.116 e. The van der Waals surface area contributed by atoms with Gasteiger partial charge in [0.15, 0.2) is 0 Å². The fourth-order valence-electron chi connectivity index (χ4n) is 0.643. The fourth-order valence-corrected chi connectivity index (χ4v) is 0.643. The summed E-state index contributed by atoms with van der Waals surface area (Å²) in [7, 11) is 1.92. The standard InChI is InChI=1S/C6H15N3/c1-4-5-9(3)8-6(2)7/h4-5H2,1-3H3,(H2,7,8). The average molecular weight is 129 g/mol.